The van der Waals surface area contributed by atoms with Crippen LogP contribution in [0, 0.1) is 0 Å². The summed E-state index contributed by atoms with van der Waals surface area (Å²) in [5.74, 6) is 2.32. The van der Waals surface area contributed by atoms with Gasteiger partial charge >= 0.3 is 0 Å². The van der Waals surface area contributed by atoms with Crippen molar-refractivity contribution in [1.82, 2.24) is 25.3 Å². The van der Waals surface area contributed by atoms with Crippen molar-refractivity contribution < 1.29 is 14.1 Å². The van der Waals surface area contributed by atoms with E-state index in [-0.39, 0.29) is 12.2 Å². The quantitative estimate of drug-likeness (QED) is 0.294. The molecule has 1 aromatic carbocycles. The molecule has 0 aliphatic rings. The van der Waals surface area contributed by atoms with Crippen LogP contribution < -0.4 is 21.1 Å². The lowest BCUT2D eigenvalue weighted by molar-refractivity contribution is 0.0991. The molecule has 0 saturated carbocycles. The van der Waals surface area contributed by atoms with Crippen LogP contribution in [0.25, 0.3) is 0 Å². The molecule has 0 atom stereocenters. The van der Waals surface area contributed by atoms with Gasteiger partial charge in [-0.1, -0.05) is 17.3 Å². The number of hydrogen-bond donors (Lipinski definition) is 4. The first kappa shape index (κ1) is 20.8. The molecule has 0 unspecified atom stereocenters. The summed E-state index contributed by atoms with van der Waals surface area (Å²) in [5, 5.41) is 17.1. The highest BCUT2D eigenvalue weighted by Crippen LogP contribution is 2.17. The molecule has 4 rings (SSSR count). The van der Waals surface area contributed by atoms with Gasteiger partial charge in [-0.15, -0.1) is 0 Å². The number of carbonyl (C=O) groups is 1. The minimum atomic E-state index is -0.648. The fourth-order valence-electron chi connectivity index (χ4n) is 2.99. The average Bonchev–Trinajstić information content (AvgIpc) is 3.46. The van der Waals surface area contributed by atoms with E-state index in [0.717, 1.165) is 30.1 Å². The molecule has 11 heteroatoms. The lowest BCUT2D eigenvalue weighted by Gasteiger charge is -2.05. The molecule has 5 N–H and O–H groups in total. The second kappa shape index (κ2) is 9.60. The van der Waals surface area contributed by atoms with Crippen LogP contribution in [0.1, 0.15) is 27.5 Å². The number of amides is 1. The number of hydrogen-bond acceptors (Lipinski definition) is 9. The summed E-state index contributed by atoms with van der Waals surface area (Å²) >= 11 is 0. The molecular formula is C21H22N8O3. The number of nitrogens with two attached hydrogens (primary N) is 1. The highest BCUT2D eigenvalue weighted by Gasteiger charge is 2.10. The molecule has 32 heavy (non-hydrogen) atoms. The Hall–Kier alpha value is -4.41. The summed E-state index contributed by atoms with van der Waals surface area (Å²) in [7, 11) is 1.66. The molecule has 1 amide bonds. The zero-order chi connectivity index (χ0) is 22.3. The van der Waals surface area contributed by atoms with Gasteiger partial charge in [-0.25, -0.2) is 4.98 Å². The summed E-state index contributed by atoms with van der Waals surface area (Å²) < 4.78 is 10.3. The number of nitrogens with one attached hydrogen (secondary N) is 3. The molecule has 0 aliphatic heterocycles. The molecule has 0 fully saturated rings. The molecule has 3 aromatic heterocycles. The number of anilines is 3. The van der Waals surface area contributed by atoms with Gasteiger partial charge < -0.3 is 25.6 Å². The van der Waals surface area contributed by atoms with Crippen molar-refractivity contribution in [2.45, 2.75) is 19.4 Å². The van der Waals surface area contributed by atoms with E-state index in [1.54, 1.807) is 19.4 Å². The second-order valence-corrected chi connectivity index (χ2v) is 6.91. The maximum atomic E-state index is 11.1. The van der Waals surface area contributed by atoms with E-state index in [0.29, 0.717) is 17.5 Å². The monoisotopic (exact) mass is 434 g/mol. The van der Waals surface area contributed by atoms with Crippen LogP contribution >= 0.6 is 0 Å². The largest absolute Gasteiger partial charge is 0.497 e. The number of aryl methyl sites for hydroxylation is 2. The van der Waals surface area contributed by atoms with Gasteiger partial charge in [0.25, 0.3) is 5.91 Å². The first-order valence-electron chi connectivity index (χ1n) is 9.85. The molecule has 3 heterocycles. The van der Waals surface area contributed by atoms with Gasteiger partial charge in [-0.2, -0.15) is 10.1 Å². The van der Waals surface area contributed by atoms with Crippen molar-refractivity contribution in [3.05, 3.63) is 71.4 Å². The van der Waals surface area contributed by atoms with Crippen molar-refractivity contribution in [1.29, 1.82) is 0 Å². The van der Waals surface area contributed by atoms with Crippen LogP contribution in [0.3, 0.4) is 0 Å². The SMILES string of the molecule is COc1cccc(CCc2cc(Nc3ccnc(NCc4cc(C(N)=O)no4)n3)[nH]n2)c1. The fraction of sp³-hybridized carbons (Fsp3) is 0.190. The number of H-pyrrole nitrogens is 1. The van der Waals surface area contributed by atoms with Crippen molar-refractivity contribution in [2.24, 2.45) is 5.73 Å². The van der Waals surface area contributed by atoms with E-state index in [2.05, 4.69) is 42.0 Å². The Kier molecular flexibility index (Phi) is 6.25. The number of benzene rings is 1. The van der Waals surface area contributed by atoms with E-state index in [4.69, 9.17) is 15.0 Å². The Labute approximate surface area is 183 Å². The van der Waals surface area contributed by atoms with Crippen LogP contribution in [-0.2, 0) is 19.4 Å². The molecule has 11 nitrogen and oxygen atoms in total. The third-order valence-corrected chi connectivity index (χ3v) is 4.59. The van der Waals surface area contributed by atoms with Gasteiger partial charge in [-0.05, 0) is 36.6 Å². The third-order valence-electron chi connectivity index (χ3n) is 4.59. The van der Waals surface area contributed by atoms with Crippen LogP contribution in [0.15, 0.2) is 53.2 Å². The number of methoxy groups -OCH3 is 1. The van der Waals surface area contributed by atoms with Crippen molar-refractivity contribution >= 4 is 23.5 Å². The van der Waals surface area contributed by atoms with Gasteiger partial charge in [0.05, 0.1) is 19.3 Å². The maximum absolute atomic E-state index is 11.1. The predicted molar refractivity (Wildman–Crippen MR) is 117 cm³/mol. The number of carbonyl (C=O) groups excluding carboxylic acids is 1. The zero-order valence-electron chi connectivity index (χ0n) is 17.3. The number of nitrogens with zero attached hydrogens (tertiary/aromatic N) is 4. The van der Waals surface area contributed by atoms with Crippen LogP contribution in [-0.4, -0.2) is 38.3 Å². The Bertz CT molecular complexity index is 1200. The number of aromatic nitrogens is 5. The summed E-state index contributed by atoms with van der Waals surface area (Å²) in [6.07, 6.45) is 3.25. The highest BCUT2D eigenvalue weighted by atomic mass is 16.5. The van der Waals surface area contributed by atoms with Gasteiger partial charge in [0.1, 0.15) is 17.4 Å². The van der Waals surface area contributed by atoms with E-state index in [1.165, 1.54) is 11.6 Å². The minimum Gasteiger partial charge on any atom is -0.497 e. The zero-order valence-corrected chi connectivity index (χ0v) is 17.3. The normalized spacial score (nSPS) is 10.7. The van der Waals surface area contributed by atoms with Crippen LogP contribution in [0.4, 0.5) is 17.6 Å². The second-order valence-electron chi connectivity index (χ2n) is 6.91. The van der Waals surface area contributed by atoms with Crippen molar-refractivity contribution in [3.8, 4) is 5.75 Å². The number of aromatic amines is 1. The molecular weight excluding hydrogens is 412 g/mol. The Balaban J connectivity index is 1.32. The molecule has 0 radical (unpaired) electrons. The lowest BCUT2D eigenvalue weighted by Crippen LogP contribution is -2.10. The van der Waals surface area contributed by atoms with E-state index < -0.39 is 5.91 Å². The summed E-state index contributed by atoms with van der Waals surface area (Å²) in [4.78, 5) is 19.6. The number of ether oxygens (including phenoxy) is 1. The summed E-state index contributed by atoms with van der Waals surface area (Å²) in [5.41, 5.74) is 7.34. The van der Waals surface area contributed by atoms with Gasteiger partial charge in [-0.3, -0.25) is 9.89 Å². The maximum Gasteiger partial charge on any atom is 0.270 e. The highest BCUT2D eigenvalue weighted by molar-refractivity contribution is 5.90. The molecule has 0 aliphatic carbocycles. The van der Waals surface area contributed by atoms with Crippen molar-refractivity contribution in [2.75, 3.05) is 17.7 Å². The summed E-state index contributed by atoms with van der Waals surface area (Å²) in [6, 6.07) is 13.1. The molecule has 164 valence electrons. The predicted octanol–water partition coefficient (Wildman–Crippen LogP) is 2.44. The third kappa shape index (κ3) is 5.39. The number of rotatable bonds is 10. The van der Waals surface area contributed by atoms with E-state index >= 15 is 0 Å². The Morgan fingerprint density at radius 2 is 2.12 bits per heavy atom. The molecule has 0 spiro atoms. The van der Waals surface area contributed by atoms with Gasteiger partial charge in [0, 0.05) is 18.3 Å². The van der Waals surface area contributed by atoms with Crippen molar-refractivity contribution in [3.63, 3.8) is 0 Å². The molecule has 0 bridgehead atoms. The Morgan fingerprint density at radius 1 is 1.22 bits per heavy atom. The number of primary amides is 1. The first-order valence-corrected chi connectivity index (χ1v) is 9.85. The average molecular weight is 434 g/mol. The van der Waals surface area contributed by atoms with Gasteiger partial charge in [0.15, 0.2) is 11.5 Å². The summed E-state index contributed by atoms with van der Waals surface area (Å²) in [6.45, 7) is 0.252. The topological polar surface area (TPSA) is 157 Å². The van der Waals surface area contributed by atoms with Crippen LogP contribution in [0.2, 0.25) is 0 Å². The van der Waals surface area contributed by atoms with Crippen LogP contribution in [0.5, 0.6) is 5.75 Å². The van der Waals surface area contributed by atoms with E-state index in [1.807, 2.05) is 24.3 Å². The minimum absolute atomic E-state index is 0.0691. The standard InChI is InChI=1S/C21H22N8O3/c1-31-15-4-2-3-13(9-15)5-6-14-10-19(28-27-14)25-18-7-8-23-21(26-18)24-12-16-11-17(20(22)30)29-32-16/h2-4,7-11H,5-6,12H2,1H3,(H2,22,30)(H3,23,24,25,26,27,28). The molecule has 0 saturated heterocycles. The van der Waals surface area contributed by atoms with Gasteiger partial charge in [0.2, 0.25) is 5.95 Å². The molecule has 4 aromatic rings. The smallest absolute Gasteiger partial charge is 0.270 e. The fourth-order valence-corrected chi connectivity index (χ4v) is 2.99. The first-order chi connectivity index (χ1) is 15.6. The Morgan fingerprint density at radius 3 is 2.94 bits per heavy atom. The van der Waals surface area contributed by atoms with E-state index in [9.17, 15) is 4.79 Å². The lowest BCUT2D eigenvalue weighted by atomic mass is 10.1.